The number of carbonyl (C=O) groups is 1. The fourth-order valence-corrected chi connectivity index (χ4v) is 6.26. The molecule has 7 heteroatoms. The Labute approximate surface area is 210 Å². The van der Waals surface area contributed by atoms with E-state index in [0.717, 1.165) is 61.3 Å². The Morgan fingerprint density at radius 2 is 1.71 bits per heavy atom. The minimum atomic E-state index is -2.84. The molecule has 0 saturated carbocycles. The third-order valence-corrected chi connectivity index (χ3v) is 8.53. The highest BCUT2D eigenvalue weighted by atomic mass is 35.5. The number of hydrogen-bond acceptors (Lipinski definition) is 2. The lowest BCUT2D eigenvalue weighted by Crippen LogP contribution is -2.34. The van der Waals surface area contributed by atoms with Crippen LogP contribution in [0.15, 0.2) is 30.3 Å². The van der Waals surface area contributed by atoms with Gasteiger partial charge in [0.15, 0.2) is 0 Å². The van der Waals surface area contributed by atoms with Crippen molar-refractivity contribution in [1.82, 2.24) is 4.90 Å². The number of carbonyl (C=O) groups excluding carboxylic acids is 1. The molecule has 34 heavy (non-hydrogen) atoms. The molecule has 3 heterocycles. The number of amides is 1. The SMILES string of the molecule is O=C1CCc2cc(C(F)(F)CCCCN3CCC(c4cccc(Cl)c4Cl)CC3)cc3c2N1CC3. The predicted molar refractivity (Wildman–Crippen MR) is 133 cm³/mol. The molecule has 3 aliphatic rings. The normalized spacial score (nSPS) is 19.1. The van der Waals surface area contributed by atoms with E-state index in [0.29, 0.717) is 48.2 Å². The fraction of sp³-hybridized carbons (Fsp3) is 0.519. The molecule has 0 unspecified atom stereocenters. The molecular weight excluding hydrogens is 477 g/mol. The van der Waals surface area contributed by atoms with Gasteiger partial charge in [0.05, 0.1) is 15.7 Å². The van der Waals surface area contributed by atoms with Gasteiger partial charge in [0.1, 0.15) is 0 Å². The zero-order chi connectivity index (χ0) is 23.9. The number of unbranched alkanes of at least 4 members (excludes halogenated alkanes) is 1. The molecule has 2 aromatic rings. The van der Waals surface area contributed by atoms with Crippen LogP contribution < -0.4 is 4.90 Å². The average molecular weight is 507 g/mol. The molecule has 0 N–H and O–H groups in total. The van der Waals surface area contributed by atoms with Crippen LogP contribution in [0.2, 0.25) is 10.0 Å². The first-order valence-corrected chi connectivity index (χ1v) is 13.1. The van der Waals surface area contributed by atoms with E-state index in [9.17, 15) is 4.79 Å². The summed E-state index contributed by atoms with van der Waals surface area (Å²) in [5, 5.41) is 1.26. The highest BCUT2D eigenvalue weighted by molar-refractivity contribution is 6.42. The van der Waals surface area contributed by atoms with Crippen LogP contribution in [-0.4, -0.2) is 37.0 Å². The van der Waals surface area contributed by atoms with E-state index >= 15 is 8.78 Å². The molecule has 182 valence electrons. The molecule has 0 spiro atoms. The van der Waals surface area contributed by atoms with Crippen molar-refractivity contribution in [2.45, 2.75) is 63.2 Å². The van der Waals surface area contributed by atoms with Crippen LogP contribution in [0.3, 0.4) is 0 Å². The summed E-state index contributed by atoms with van der Waals surface area (Å²) in [7, 11) is 0. The number of halogens is 4. The summed E-state index contributed by atoms with van der Waals surface area (Å²) in [6, 6.07) is 9.10. The van der Waals surface area contributed by atoms with Crippen LogP contribution in [0.25, 0.3) is 0 Å². The Morgan fingerprint density at radius 3 is 2.47 bits per heavy atom. The lowest BCUT2D eigenvalue weighted by atomic mass is 9.89. The molecule has 0 aliphatic carbocycles. The highest BCUT2D eigenvalue weighted by Crippen LogP contribution is 2.42. The first kappa shape index (κ1) is 24.0. The third kappa shape index (κ3) is 4.72. The maximum atomic E-state index is 15.1. The van der Waals surface area contributed by atoms with Gasteiger partial charge in [0.2, 0.25) is 5.91 Å². The summed E-state index contributed by atoms with van der Waals surface area (Å²) in [5.41, 5.74) is 3.96. The number of aryl methyl sites for hydroxylation is 1. The quantitative estimate of drug-likeness (QED) is 0.378. The maximum absolute atomic E-state index is 15.1. The summed E-state index contributed by atoms with van der Waals surface area (Å²) < 4.78 is 30.2. The van der Waals surface area contributed by atoms with Crippen molar-refractivity contribution in [3.8, 4) is 0 Å². The van der Waals surface area contributed by atoms with E-state index in [1.54, 1.807) is 17.0 Å². The molecule has 2 aromatic carbocycles. The highest BCUT2D eigenvalue weighted by Gasteiger charge is 2.37. The maximum Gasteiger partial charge on any atom is 0.273 e. The van der Waals surface area contributed by atoms with Gasteiger partial charge in [-0.1, -0.05) is 35.3 Å². The molecule has 3 nitrogen and oxygen atoms in total. The molecule has 1 saturated heterocycles. The van der Waals surface area contributed by atoms with Crippen LogP contribution in [0.5, 0.6) is 0 Å². The van der Waals surface area contributed by atoms with Gasteiger partial charge in [-0.25, -0.2) is 8.78 Å². The van der Waals surface area contributed by atoms with Gasteiger partial charge in [-0.3, -0.25) is 4.79 Å². The average Bonchev–Trinajstić information content (AvgIpc) is 3.27. The Kier molecular flexibility index (Phi) is 6.89. The Balaban J connectivity index is 1.12. The van der Waals surface area contributed by atoms with Crippen molar-refractivity contribution in [2.75, 3.05) is 31.1 Å². The van der Waals surface area contributed by atoms with Crippen LogP contribution >= 0.6 is 23.2 Å². The Hall–Kier alpha value is -1.69. The number of nitrogens with zero attached hydrogens (tertiary/aromatic N) is 2. The van der Waals surface area contributed by atoms with Crippen molar-refractivity contribution in [3.63, 3.8) is 0 Å². The standard InChI is InChI=1S/C27H30Cl2F2N2O/c28-23-5-3-4-22(25(23)29)18-8-13-32(14-9-18)12-2-1-11-27(30,31)21-16-19-6-7-24(34)33-15-10-20(17-21)26(19)33/h3-5,16-18H,1-2,6-15H2. The number of hydrogen-bond donors (Lipinski definition) is 0. The van der Waals surface area contributed by atoms with Crippen LogP contribution in [0.1, 0.15) is 66.7 Å². The molecule has 0 atom stereocenters. The van der Waals surface area contributed by atoms with Gasteiger partial charge in [-0.05, 0) is 99.0 Å². The van der Waals surface area contributed by atoms with Gasteiger partial charge in [0.25, 0.3) is 5.92 Å². The molecular formula is C27H30Cl2F2N2O. The van der Waals surface area contributed by atoms with Gasteiger partial charge in [-0.15, -0.1) is 0 Å². The Morgan fingerprint density at radius 1 is 0.971 bits per heavy atom. The summed E-state index contributed by atoms with van der Waals surface area (Å²) in [4.78, 5) is 16.2. The fourth-order valence-electron chi connectivity index (χ4n) is 5.80. The number of alkyl halides is 2. The summed E-state index contributed by atoms with van der Waals surface area (Å²) in [5.74, 6) is -2.32. The second kappa shape index (κ2) is 9.75. The lowest BCUT2D eigenvalue weighted by Gasteiger charge is -2.32. The van der Waals surface area contributed by atoms with E-state index in [-0.39, 0.29) is 17.9 Å². The molecule has 1 fully saturated rings. The van der Waals surface area contributed by atoms with Crippen molar-refractivity contribution in [1.29, 1.82) is 0 Å². The lowest BCUT2D eigenvalue weighted by molar-refractivity contribution is -0.118. The minimum absolute atomic E-state index is 0.116. The summed E-state index contributed by atoms with van der Waals surface area (Å²) in [6.45, 7) is 3.37. The van der Waals surface area contributed by atoms with Gasteiger partial charge in [-0.2, -0.15) is 0 Å². The van der Waals surface area contributed by atoms with Crippen molar-refractivity contribution < 1.29 is 13.6 Å². The van der Waals surface area contributed by atoms with Gasteiger partial charge in [0, 0.05) is 24.9 Å². The zero-order valence-corrected chi connectivity index (χ0v) is 20.8. The van der Waals surface area contributed by atoms with Gasteiger partial charge < -0.3 is 9.80 Å². The first-order valence-electron chi connectivity index (χ1n) is 12.3. The molecule has 0 radical (unpaired) electrons. The van der Waals surface area contributed by atoms with Crippen LogP contribution in [0.4, 0.5) is 14.5 Å². The number of likely N-dealkylation sites (tertiary alicyclic amines) is 1. The summed E-state index contributed by atoms with van der Waals surface area (Å²) >= 11 is 12.6. The molecule has 0 bridgehead atoms. The largest absolute Gasteiger partial charge is 0.312 e. The van der Waals surface area contributed by atoms with Crippen molar-refractivity contribution in [3.05, 3.63) is 62.6 Å². The molecule has 1 amide bonds. The van der Waals surface area contributed by atoms with E-state index in [1.165, 1.54) is 0 Å². The number of anilines is 1. The van der Waals surface area contributed by atoms with Crippen molar-refractivity contribution in [2.24, 2.45) is 0 Å². The molecule has 5 rings (SSSR count). The number of benzene rings is 2. The van der Waals surface area contributed by atoms with Crippen LogP contribution in [0, 0.1) is 0 Å². The smallest absolute Gasteiger partial charge is 0.273 e. The summed E-state index contributed by atoms with van der Waals surface area (Å²) in [6.07, 6.45) is 4.79. The minimum Gasteiger partial charge on any atom is -0.312 e. The molecule has 0 aromatic heterocycles. The van der Waals surface area contributed by atoms with E-state index in [2.05, 4.69) is 11.0 Å². The van der Waals surface area contributed by atoms with Gasteiger partial charge >= 0.3 is 0 Å². The topological polar surface area (TPSA) is 23.6 Å². The second-order valence-corrected chi connectivity index (χ2v) is 10.6. The zero-order valence-electron chi connectivity index (χ0n) is 19.3. The van der Waals surface area contributed by atoms with E-state index in [1.807, 2.05) is 12.1 Å². The van der Waals surface area contributed by atoms with Crippen molar-refractivity contribution >= 4 is 34.8 Å². The number of rotatable bonds is 7. The first-order chi connectivity index (χ1) is 16.3. The predicted octanol–water partition coefficient (Wildman–Crippen LogP) is 6.97. The third-order valence-electron chi connectivity index (χ3n) is 7.70. The van der Waals surface area contributed by atoms with Crippen LogP contribution in [-0.2, 0) is 23.6 Å². The molecule has 3 aliphatic heterocycles. The Bertz CT molecular complexity index is 1080. The van der Waals surface area contributed by atoms with E-state index in [4.69, 9.17) is 23.2 Å². The monoisotopic (exact) mass is 506 g/mol. The van der Waals surface area contributed by atoms with E-state index < -0.39 is 5.92 Å². The second-order valence-electron chi connectivity index (χ2n) is 9.86. The number of piperidine rings is 1.